The van der Waals surface area contributed by atoms with Crippen molar-refractivity contribution >= 4 is 0 Å². The lowest BCUT2D eigenvalue weighted by atomic mass is 9.87. The quantitative estimate of drug-likeness (QED) is 0.713. The van der Waals surface area contributed by atoms with E-state index in [9.17, 15) is 0 Å². The SMILES string of the molecule is CCCC(CO)CC1CCOCC1. The van der Waals surface area contributed by atoms with E-state index in [4.69, 9.17) is 9.84 Å². The van der Waals surface area contributed by atoms with Gasteiger partial charge in [0, 0.05) is 19.8 Å². The van der Waals surface area contributed by atoms with Crippen LogP contribution in [0.5, 0.6) is 0 Å². The molecule has 2 heteroatoms. The van der Waals surface area contributed by atoms with Crippen molar-refractivity contribution in [3.63, 3.8) is 0 Å². The molecule has 0 aromatic heterocycles. The van der Waals surface area contributed by atoms with Crippen molar-refractivity contribution < 1.29 is 9.84 Å². The highest BCUT2D eigenvalue weighted by atomic mass is 16.5. The van der Waals surface area contributed by atoms with Crippen LogP contribution in [0.1, 0.15) is 39.0 Å². The monoisotopic (exact) mass is 186 g/mol. The largest absolute Gasteiger partial charge is 0.396 e. The molecule has 13 heavy (non-hydrogen) atoms. The molecule has 0 bridgehead atoms. The molecule has 78 valence electrons. The van der Waals surface area contributed by atoms with Gasteiger partial charge in [-0.05, 0) is 37.5 Å². The minimum absolute atomic E-state index is 0.366. The molecule has 0 aromatic carbocycles. The van der Waals surface area contributed by atoms with E-state index in [0.29, 0.717) is 12.5 Å². The summed E-state index contributed by atoms with van der Waals surface area (Å²) < 4.78 is 5.31. The Morgan fingerprint density at radius 2 is 2.08 bits per heavy atom. The molecule has 1 N–H and O–H groups in total. The third kappa shape index (κ3) is 4.10. The van der Waals surface area contributed by atoms with E-state index in [-0.39, 0.29) is 0 Å². The summed E-state index contributed by atoms with van der Waals surface area (Å²) >= 11 is 0. The molecule has 1 heterocycles. The predicted molar refractivity (Wildman–Crippen MR) is 53.6 cm³/mol. The molecule has 1 rings (SSSR count). The lowest BCUT2D eigenvalue weighted by molar-refractivity contribution is 0.0532. The minimum Gasteiger partial charge on any atom is -0.396 e. The summed E-state index contributed by atoms with van der Waals surface area (Å²) in [5, 5.41) is 9.16. The fourth-order valence-corrected chi connectivity index (χ4v) is 2.15. The van der Waals surface area contributed by atoms with Gasteiger partial charge in [-0.1, -0.05) is 13.3 Å². The van der Waals surface area contributed by atoms with Crippen LogP contribution in [0.15, 0.2) is 0 Å². The number of hydrogen-bond donors (Lipinski definition) is 1. The van der Waals surface area contributed by atoms with Crippen molar-refractivity contribution in [2.24, 2.45) is 11.8 Å². The first-order chi connectivity index (χ1) is 6.36. The highest BCUT2D eigenvalue weighted by Gasteiger charge is 2.18. The van der Waals surface area contributed by atoms with Crippen LogP contribution in [0.25, 0.3) is 0 Å². The average Bonchev–Trinajstić information content (AvgIpc) is 2.19. The van der Waals surface area contributed by atoms with E-state index in [1.807, 2.05) is 0 Å². The second-order valence-corrected chi connectivity index (χ2v) is 4.13. The number of aliphatic hydroxyl groups is 1. The maximum atomic E-state index is 9.16. The van der Waals surface area contributed by atoms with Gasteiger partial charge in [0.25, 0.3) is 0 Å². The molecule has 1 fully saturated rings. The Morgan fingerprint density at radius 1 is 1.38 bits per heavy atom. The topological polar surface area (TPSA) is 29.5 Å². The van der Waals surface area contributed by atoms with Gasteiger partial charge in [0.2, 0.25) is 0 Å². The summed E-state index contributed by atoms with van der Waals surface area (Å²) in [4.78, 5) is 0. The maximum absolute atomic E-state index is 9.16. The van der Waals surface area contributed by atoms with Crippen molar-refractivity contribution in [2.75, 3.05) is 19.8 Å². The third-order valence-corrected chi connectivity index (χ3v) is 2.96. The van der Waals surface area contributed by atoms with Crippen molar-refractivity contribution in [3.8, 4) is 0 Å². The van der Waals surface area contributed by atoms with Crippen LogP contribution in [0.3, 0.4) is 0 Å². The summed E-state index contributed by atoms with van der Waals surface area (Å²) in [6.45, 7) is 4.40. The second kappa shape index (κ2) is 6.39. The van der Waals surface area contributed by atoms with Crippen LogP contribution in [0, 0.1) is 11.8 Å². The smallest absolute Gasteiger partial charge is 0.0468 e. The molecule has 0 radical (unpaired) electrons. The molecular weight excluding hydrogens is 164 g/mol. The lowest BCUT2D eigenvalue weighted by Crippen LogP contribution is -2.20. The zero-order chi connectivity index (χ0) is 9.52. The fourth-order valence-electron chi connectivity index (χ4n) is 2.15. The molecule has 1 saturated heterocycles. The Bertz CT molecular complexity index is 117. The van der Waals surface area contributed by atoms with Crippen molar-refractivity contribution in [1.29, 1.82) is 0 Å². The first-order valence-corrected chi connectivity index (χ1v) is 5.55. The van der Waals surface area contributed by atoms with E-state index in [1.165, 1.54) is 32.1 Å². The lowest BCUT2D eigenvalue weighted by Gasteiger charge is -2.25. The minimum atomic E-state index is 0.366. The number of rotatable bonds is 5. The summed E-state index contributed by atoms with van der Waals surface area (Å²) in [5.74, 6) is 1.34. The van der Waals surface area contributed by atoms with Gasteiger partial charge in [0.05, 0.1) is 0 Å². The fraction of sp³-hybridized carbons (Fsp3) is 1.00. The Morgan fingerprint density at radius 3 is 2.62 bits per heavy atom. The van der Waals surface area contributed by atoms with E-state index >= 15 is 0 Å². The molecule has 0 aromatic rings. The molecule has 0 amide bonds. The first-order valence-electron chi connectivity index (χ1n) is 5.55. The van der Waals surface area contributed by atoms with Crippen LogP contribution in [-0.2, 0) is 4.74 Å². The molecule has 0 spiro atoms. The molecule has 1 unspecified atom stereocenters. The molecule has 2 nitrogen and oxygen atoms in total. The normalized spacial score (nSPS) is 21.7. The van der Waals surface area contributed by atoms with Gasteiger partial charge < -0.3 is 9.84 Å². The molecule has 1 aliphatic rings. The molecular formula is C11H22O2. The summed E-state index contributed by atoms with van der Waals surface area (Å²) in [7, 11) is 0. The second-order valence-electron chi connectivity index (χ2n) is 4.13. The summed E-state index contributed by atoms with van der Waals surface area (Å²) in [6.07, 6.45) is 5.95. The van der Waals surface area contributed by atoms with E-state index in [0.717, 1.165) is 19.1 Å². The van der Waals surface area contributed by atoms with Crippen LogP contribution in [0.2, 0.25) is 0 Å². The molecule has 0 aliphatic carbocycles. The van der Waals surface area contributed by atoms with E-state index in [2.05, 4.69) is 6.92 Å². The highest BCUT2D eigenvalue weighted by Crippen LogP contribution is 2.24. The Labute approximate surface area is 81.3 Å². The highest BCUT2D eigenvalue weighted by molar-refractivity contribution is 4.68. The zero-order valence-electron chi connectivity index (χ0n) is 8.67. The van der Waals surface area contributed by atoms with Gasteiger partial charge in [-0.15, -0.1) is 0 Å². The van der Waals surface area contributed by atoms with Gasteiger partial charge in [0.15, 0.2) is 0 Å². The van der Waals surface area contributed by atoms with Crippen LogP contribution in [0.4, 0.5) is 0 Å². The summed E-state index contributed by atoms with van der Waals surface area (Å²) in [5.41, 5.74) is 0. The predicted octanol–water partition coefficient (Wildman–Crippen LogP) is 2.21. The van der Waals surface area contributed by atoms with Gasteiger partial charge in [-0.2, -0.15) is 0 Å². The van der Waals surface area contributed by atoms with Crippen LogP contribution >= 0.6 is 0 Å². The Hall–Kier alpha value is -0.0800. The number of hydrogen-bond acceptors (Lipinski definition) is 2. The molecule has 1 aliphatic heterocycles. The van der Waals surface area contributed by atoms with E-state index < -0.39 is 0 Å². The first kappa shape index (κ1) is 11.0. The average molecular weight is 186 g/mol. The van der Waals surface area contributed by atoms with E-state index in [1.54, 1.807) is 0 Å². The number of ether oxygens (including phenoxy) is 1. The van der Waals surface area contributed by atoms with Gasteiger partial charge in [0.1, 0.15) is 0 Å². The number of aliphatic hydroxyl groups excluding tert-OH is 1. The van der Waals surface area contributed by atoms with Crippen molar-refractivity contribution in [1.82, 2.24) is 0 Å². The van der Waals surface area contributed by atoms with Crippen LogP contribution < -0.4 is 0 Å². The third-order valence-electron chi connectivity index (χ3n) is 2.96. The Kier molecular flexibility index (Phi) is 5.40. The standard InChI is InChI=1S/C11H22O2/c1-2-3-11(9-12)8-10-4-6-13-7-5-10/h10-12H,2-9H2,1H3. The van der Waals surface area contributed by atoms with Crippen molar-refractivity contribution in [2.45, 2.75) is 39.0 Å². The zero-order valence-corrected chi connectivity index (χ0v) is 8.67. The molecule has 1 atom stereocenters. The summed E-state index contributed by atoms with van der Waals surface area (Å²) in [6, 6.07) is 0. The van der Waals surface area contributed by atoms with Crippen LogP contribution in [-0.4, -0.2) is 24.9 Å². The van der Waals surface area contributed by atoms with Crippen molar-refractivity contribution in [3.05, 3.63) is 0 Å². The molecule has 0 saturated carbocycles. The Balaban J connectivity index is 2.18. The van der Waals surface area contributed by atoms with Gasteiger partial charge >= 0.3 is 0 Å². The van der Waals surface area contributed by atoms with Gasteiger partial charge in [-0.3, -0.25) is 0 Å². The maximum Gasteiger partial charge on any atom is 0.0468 e. The van der Waals surface area contributed by atoms with Gasteiger partial charge in [-0.25, -0.2) is 0 Å².